The summed E-state index contributed by atoms with van der Waals surface area (Å²) in [4.78, 5) is 11.1. The standard InChI is InChI=1S/C10H14N2O/c1-2-7-4-3-5-8(6-11)9(7)10(12)13/h3-5H,2,6,11H2,1H3,(H2,12,13). The number of benzene rings is 1. The lowest BCUT2D eigenvalue weighted by Gasteiger charge is -2.08. The number of hydrogen-bond acceptors (Lipinski definition) is 2. The molecule has 1 amide bonds. The van der Waals surface area contributed by atoms with Gasteiger partial charge in [0.05, 0.1) is 0 Å². The summed E-state index contributed by atoms with van der Waals surface area (Å²) in [5, 5.41) is 0. The third-order valence-corrected chi connectivity index (χ3v) is 2.08. The van der Waals surface area contributed by atoms with Crippen LogP contribution in [0, 0.1) is 0 Å². The number of primary amides is 1. The quantitative estimate of drug-likeness (QED) is 0.719. The zero-order valence-corrected chi connectivity index (χ0v) is 7.71. The van der Waals surface area contributed by atoms with Crippen molar-refractivity contribution in [2.45, 2.75) is 19.9 Å². The molecule has 0 aliphatic rings. The number of amides is 1. The van der Waals surface area contributed by atoms with E-state index in [4.69, 9.17) is 11.5 Å². The summed E-state index contributed by atoms with van der Waals surface area (Å²) in [7, 11) is 0. The predicted octanol–water partition coefficient (Wildman–Crippen LogP) is 0.807. The highest BCUT2D eigenvalue weighted by atomic mass is 16.1. The molecule has 0 aromatic heterocycles. The maximum absolute atomic E-state index is 11.1. The van der Waals surface area contributed by atoms with Crippen LogP contribution in [0.5, 0.6) is 0 Å². The Morgan fingerprint density at radius 2 is 2.00 bits per heavy atom. The van der Waals surface area contributed by atoms with E-state index in [1.165, 1.54) is 0 Å². The molecule has 0 bridgehead atoms. The molecular formula is C10H14N2O. The fraction of sp³-hybridized carbons (Fsp3) is 0.300. The van der Waals surface area contributed by atoms with Gasteiger partial charge in [-0.25, -0.2) is 0 Å². The fourth-order valence-corrected chi connectivity index (χ4v) is 1.43. The van der Waals surface area contributed by atoms with Crippen LogP contribution in [0.2, 0.25) is 0 Å². The molecule has 70 valence electrons. The average molecular weight is 178 g/mol. The highest BCUT2D eigenvalue weighted by molar-refractivity contribution is 5.95. The van der Waals surface area contributed by atoms with Gasteiger partial charge in [0.25, 0.3) is 0 Å². The minimum atomic E-state index is -0.391. The number of carbonyl (C=O) groups is 1. The van der Waals surface area contributed by atoms with Gasteiger partial charge in [-0.05, 0) is 17.5 Å². The molecule has 1 aromatic rings. The molecule has 0 saturated heterocycles. The summed E-state index contributed by atoms with van der Waals surface area (Å²) in [5.74, 6) is -0.391. The second kappa shape index (κ2) is 4.05. The third kappa shape index (κ3) is 1.87. The van der Waals surface area contributed by atoms with Crippen molar-refractivity contribution in [1.29, 1.82) is 0 Å². The zero-order chi connectivity index (χ0) is 9.84. The first-order valence-electron chi connectivity index (χ1n) is 4.31. The molecule has 0 radical (unpaired) electrons. The minimum absolute atomic E-state index is 0.353. The zero-order valence-electron chi connectivity index (χ0n) is 7.71. The van der Waals surface area contributed by atoms with Gasteiger partial charge in [0.1, 0.15) is 0 Å². The van der Waals surface area contributed by atoms with Gasteiger partial charge in [-0.1, -0.05) is 25.1 Å². The second-order valence-corrected chi connectivity index (χ2v) is 2.87. The number of rotatable bonds is 3. The molecule has 0 unspecified atom stereocenters. The molecule has 0 aliphatic carbocycles. The number of hydrogen-bond donors (Lipinski definition) is 2. The summed E-state index contributed by atoms with van der Waals surface area (Å²) in [6, 6.07) is 5.63. The number of aryl methyl sites for hydroxylation is 1. The summed E-state index contributed by atoms with van der Waals surface area (Å²) >= 11 is 0. The van der Waals surface area contributed by atoms with Crippen molar-refractivity contribution < 1.29 is 4.79 Å². The molecule has 3 heteroatoms. The highest BCUT2D eigenvalue weighted by Gasteiger charge is 2.10. The molecule has 0 spiro atoms. The second-order valence-electron chi connectivity index (χ2n) is 2.87. The first-order chi connectivity index (χ1) is 6.20. The van der Waals surface area contributed by atoms with E-state index >= 15 is 0 Å². The molecule has 13 heavy (non-hydrogen) atoms. The van der Waals surface area contributed by atoms with Crippen LogP contribution < -0.4 is 11.5 Å². The predicted molar refractivity (Wildman–Crippen MR) is 52.2 cm³/mol. The SMILES string of the molecule is CCc1cccc(CN)c1C(N)=O. The van der Waals surface area contributed by atoms with Crippen LogP contribution in [0.4, 0.5) is 0 Å². The van der Waals surface area contributed by atoms with E-state index in [-0.39, 0.29) is 0 Å². The van der Waals surface area contributed by atoms with Crippen LogP contribution in [0.3, 0.4) is 0 Å². The molecule has 0 saturated carbocycles. The Balaban J connectivity index is 3.29. The monoisotopic (exact) mass is 178 g/mol. The normalized spacial score (nSPS) is 10.0. The van der Waals surface area contributed by atoms with Crippen LogP contribution in [-0.4, -0.2) is 5.91 Å². The van der Waals surface area contributed by atoms with Crippen LogP contribution in [-0.2, 0) is 13.0 Å². The molecule has 4 N–H and O–H groups in total. The molecule has 1 rings (SSSR count). The van der Waals surface area contributed by atoms with E-state index < -0.39 is 5.91 Å². The van der Waals surface area contributed by atoms with E-state index in [0.29, 0.717) is 12.1 Å². The van der Waals surface area contributed by atoms with E-state index in [1.54, 1.807) is 0 Å². The lowest BCUT2D eigenvalue weighted by atomic mass is 9.99. The Kier molecular flexibility index (Phi) is 3.03. The van der Waals surface area contributed by atoms with Crippen molar-refractivity contribution in [3.8, 4) is 0 Å². The summed E-state index contributed by atoms with van der Waals surface area (Å²) in [6.45, 7) is 2.34. The van der Waals surface area contributed by atoms with Crippen molar-refractivity contribution in [3.05, 3.63) is 34.9 Å². The Labute approximate surface area is 77.7 Å². The van der Waals surface area contributed by atoms with Crippen molar-refractivity contribution in [2.75, 3.05) is 0 Å². The van der Waals surface area contributed by atoms with Crippen LogP contribution in [0.1, 0.15) is 28.4 Å². The van der Waals surface area contributed by atoms with Crippen molar-refractivity contribution >= 4 is 5.91 Å². The maximum Gasteiger partial charge on any atom is 0.249 e. The van der Waals surface area contributed by atoms with E-state index in [0.717, 1.165) is 17.5 Å². The molecule has 1 aromatic carbocycles. The summed E-state index contributed by atoms with van der Waals surface area (Å²) < 4.78 is 0. The largest absolute Gasteiger partial charge is 0.366 e. The van der Waals surface area contributed by atoms with Gasteiger partial charge in [0, 0.05) is 12.1 Å². The van der Waals surface area contributed by atoms with Gasteiger partial charge in [0.2, 0.25) is 5.91 Å². The van der Waals surface area contributed by atoms with Crippen LogP contribution in [0.15, 0.2) is 18.2 Å². The van der Waals surface area contributed by atoms with Crippen molar-refractivity contribution in [2.24, 2.45) is 11.5 Å². The summed E-state index contributed by atoms with van der Waals surface area (Å²) in [6.07, 6.45) is 0.798. The Hall–Kier alpha value is -1.35. The van der Waals surface area contributed by atoms with E-state index in [9.17, 15) is 4.79 Å². The Morgan fingerprint density at radius 3 is 2.46 bits per heavy atom. The van der Waals surface area contributed by atoms with Gasteiger partial charge < -0.3 is 11.5 Å². The van der Waals surface area contributed by atoms with Gasteiger partial charge in [0.15, 0.2) is 0 Å². The van der Waals surface area contributed by atoms with Gasteiger partial charge in [-0.3, -0.25) is 4.79 Å². The van der Waals surface area contributed by atoms with Gasteiger partial charge >= 0.3 is 0 Å². The lowest BCUT2D eigenvalue weighted by molar-refractivity contribution is 0.0998. The van der Waals surface area contributed by atoms with E-state index in [2.05, 4.69) is 0 Å². The summed E-state index contributed by atoms with van der Waals surface area (Å²) in [5.41, 5.74) is 13.2. The number of carbonyl (C=O) groups excluding carboxylic acids is 1. The maximum atomic E-state index is 11.1. The van der Waals surface area contributed by atoms with Crippen LogP contribution >= 0.6 is 0 Å². The van der Waals surface area contributed by atoms with Crippen LogP contribution in [0.25, 0.3) is 0 Å². The van der Waals surface area contributed by atoms with Gasteiger partial charge in [-0.15, -0.1) is 0 Å². The highest BCUT2D eigenvalue weighted by Crippen LogP contribution is 2.14. The first kappa shape index (κ1) is 9.74. The van der Waals surface area contributed by atoms with Crippen molar-refractivity contribution in [1.82, 2.24) is 0 Å². The Morgan fingerprint density at radius 1 is 1.38 bits per heavy atom. The molecule has 0 heterocycles. The topological polar surface area (TPSA) is 69.1 Å². The molecular weight excluding hydrogens is 164 g/mol. The molecule has 3 nitrogen and oxygen atoms in total. The molecule has 0 atom stereocenters. The smallest absolute Gasteiger partial charge is 0.249 e. The molecule has 0 aliphatic heterocycles. The van der Waals surface area contributed by atoms with E-state index in [1.807, 2.05) is 25.1 Å². The van der Waals surface area contributed by atoms with Crippen molar-refractivity contribution in [3.63, 3.8) is 0 Å². The first-order valence-corrected chi connectivity index (χ1v) is 4.31. The number of nitrogens with two attached hydrogens (primary N) is 2. The lowest BCUT2D eigenvalue weighted by Crippen LogP contribution is -2.17. The average Bonchev–Trinajstić information content (AvgIpc) is 2.16. The Bertz CT molecular complexity index is 298. The minimum Gasteiger partial charge on any atom is -0.366 e. The van der Waals surface area contributed by atoms with Gasteiger partial charge in [-0.2, -0.15) is 0 Å². The fourth-order valence-electron chi connectivity index (χ4n) is 1.43. The third-order valence-electron chi connectivity index (χ3n) is 2.08. The molecule has 0 fully saturated rings.